The molecule has 3 heterocycles. The Kier molecular flexibility index (Phi) is 4.30. The van der Waals surface area contributed by atoms with Crippen LogP contribution in [0.25, 0.3) is 11.6 Å². The summed E-state index contributed by atoms with van der Waals surface area (Å²) in [5.74, 6) is -1.48. The van der Waals surface area contributed by atoms with Gasteiger partial charge >= 0.3 is 12.0 Å². The maximum absolute atomic E-state index is 13.2. The maximum atomic E-state index is 13.2. The summed E-state index contributed by atoms with van der Waals surface area (Å²) in [5, 5.41) is 9.40. The first kappa shape index (κ1) is 18.0. The van der Waals surface area contributed by atoms with Crippen molar-refractivity contribution in [3.8, 4) is 0 Å². The highest BCUT2D eigenvalue weighted by Gasteiger charge is 2.43. The summed E-state index contributed by atoms with van der Waals surface area (Å²) in [6.07, 6.45) is 2.76. The lowest BCUT2D eigenvalue weighted by Crippen LogP contribution is -2.49. The van der Waals surface area contributed by atoms with Gasteiger partial charge in [-0.3, -0.25) is 4.79 Å². The van der Waals surface area contributed by atoms with Crippen LogP contribution in [0.3, 0.4) is 0 Å². The quantitative estimate of drug-likeness (QED) is 0.784. The molecular weight excluding hydrogens is 358 g/mol. The van der Waals surface area contributed by atoms with E-state index in [4.69, 9.17) is 0 Å². The lowest BCUT2D eigenvalue weighted by atomic mass is 10.1. The zero-order chi connectivity index (χ0) is 20.0. The van der Waals surface area contributed by atoms with Gasteiger partial charge in [0.15, 0.2) is 0 Å². The van der Waals surface area contributed by atoms with Crippen molar-refractivity contribution in [3.63, 3.8) is 0 Å². The minimum atomic E-state index is -1.04. The van der Waals surface area contributed by atoms with E-state index in [2.05, 4.69) is 4.98 Å². The van der Waals surface area contributed by atoms with Crippen LogP contribution in [-0.4, -0.2) is 45.5 Å². The third-order valence-corrected chi connectivity index (χ3v) is 5.32. The Balaban J connectivity index is 1.76. The molecule has 0 aliphatic carbocycles. The number of urea groups is 1. The number of carboxylic acids is 1. The molecule has 7 heteroatoms. The fourth-order valence-corrected chi connectivity index (χ4v) is 4.00. The highest BCUT2D eigenvalue weighted by atomic mass is 16.4. The molecule has 2 aromatic rings. The van der Waals surface area contributed by atoms with Gasteiger partial charge in [-0.1, -0.05) is 18.2 Å². The second-order valence-corrected chi connectivity index (χ2v) is 7.24. The average molecular weight is 379 g/mol. The minimum Gasteiger partial charge on any atom is -0.480 e. The number of aliphatic carboxylic acids is 1. The number of para-hydroxylation sites is 1. The van der Waals surface area contributed by atoms with Crippen LogP contribution in [-0.2, 0) is 9.59 Å². The van der Waals surface area contributed by atoms with E-state index in [1.807, 2.05) is 26.0 Å². The fraction of sp³-hybridized carbons (Fsp3) is 0.286. The van der Waals surface area contributed by atoms with Crippen molar-refractivity contribution in [2.75, 3.05) is 11.4 Å². The molecule has 1 aromatic carbocycles. The number of imide groups is 1. The van der Waals surface area contributed by atoms with Gasteiger partial charge in [0.25, 0.3) is 5.91 Å². The highest BCUT2D eigenvalue weighted by molar-refractivity contribution is 6.42. The largest absolute Gasteiger partial charge is 0.480 e. The number of H-pyrrole nitrogens is 1. The molecule has 1 saturated heterocycles. The lowest BCUT2D eigenvalue weighted by Gasteiger charge is -2.26. The third kappa shape index (κ3) is 2.79. The summed E-state index contributed by atoms with van der Waals surface area (Å²) in [6, 6.07) is 7.61. The van der Waals surface area contributed by atoms with Gasteiger partial charge in [0.2, 0.25) is 0 Å². The van der Waals surface area contributed by atoms with E-state index >= 15 is 0 Å². The summed E-state index contributed by atoms with van der Waals surface area (Å²) in [6.45, 7) is 4.22. The Hall–Kier alpha value is -3.35. The molecule has 3 amide bonds. The molecule has 7 nitrogen and oxygen atoms in total. The molecule has 0 radical (unpaired) electrons. The number of carboxylic acid groups (broad SMARTS) is 1. The van der Waals surface area contributed by atoms with Crippen LogP contribution < -0.4 is 4.90 Å². The molecule has 144 valence electrons. The first-order valence-corrected chi connectivity index (χ1v) is 9.23. The van der Waals surface area contributed by atoms with Gasteiger partial charge in [-0.05, 0) is 50.5 Å². The summed E-state index contributed by atoms with van der Waals surface area (Å²) in [5.41, 5.74) is 4.37. The van der Waals surface area contributed by atoms with Crippen LogP contribution in [0.5, 0.6) is 0 Å². The van der Waals surface area contributed by atoms with E-state index in [0.717, 1.165) is 21.9 Å². The van der Waals surface area contributed by atoms with E-state index in [1.54, 1.807) is 24.3 Å². The summed E-state index contributed by atoms with van der Waals surface area (Å²) in [4.78, 5) is 43.4. The van der Waals surface area contributed by atoms with Crippen LogP contribution in [0.1, 0.15) is 35.4 Å². The van der Waals surface area contributed by atoms with Gasteiger partial charge in [0, 0.05) is 23.5 Å². The Morgan fingerprint density at radius 3 is 2.68 bits per heavy atom. The fourth-order valence-electron chi connectivity index (χ4n) is 4.00. The van der Waals surface area contributed by atoms with Gasteiger partial charge in [-0.15, -0.1) is 0 Å². The van der Waals surface area contributed by atoms with Crippen molar-refractivity contribution in [1.82, 2.24) is 9.88 Å². The number of fused-ring (bicyclic) bond motifs is 1. The number of nitrogens with one attached hydrogen (secondary N) is 1. The van der Waals surface area contributed by atoms with Gasteiger partial charge in [0.1, 0.15) is 6.04 Å². The zero-order valence-electron chi connectivity index (χ0n) is 15.7. The summed E-state index contributed by atoms with van der Waals surface area (Å²) < 4.78 is 0. The normalized spacial score (nSPS) is 20.1. The highest BCUT2D eigenvalue weighted by Crippen LogP contribution is 2.39. The summed E-state index contributed by atoms with van der Waals surface area (Å²) >= 11 is 0. The Morgan fingerprint density at radius 1 is 1.25 bits per heavy atom. The molecule has 0 saturated carbocycles. The van der Waals surface area contributed by atoms with Crippen LogP contribution >= 0.6 is 0 Å². The molecule has 4 rings (SSSR count). The summed E-state index contributed by atoms with van der Waals surface area (Å²) in [7, 11) is 0. The molecule has 2 aliphatic rings. The molecular formula is C21H21N3O4. The molecule has 28 heavy (non-hydrogen) atoms. The first-order chi connectivity index (χ1) is 13.4. The SMILES string of the molecule is Cc1cc(C)c(C=C2C(=O)N(C(=O)N3CCCC3C(=O)O)c3ccccc32)[nH]1. The van der Waals surface area contributed by atoms with E-state index in [9.17, 15) is 19.5 Å². The number of amides is 3. The number of aromatic amines is 1. The number of nitrogens with zero attached hydrogens (tertiary/aromatic N) is 2. The predicted octanol–water partition coefficient (Wildman–Crippen LogP) is 3.19. The second-order valence-electron chi connectivity index (χ2n) is 7.24. The number of aromatic nitrogens is 1. The molecule has 0 spiro atoms. The van der Waals surface area contributed by atoms with Gasteiger partial charge in [-0.2, -0.15) is 0 Å². The van der Waals surface area contributed by atoms with E-state index in [0.29, 0.717) is 36.2 Å². The van der Waals surface area contributed by atoms with E-state index in [-0.39, 0.29) is 0 Å². The maximum Gasteiger partial charge on any atom is 0.332 e. The third-order valence-electron chi connectivity index (χ3n) is 5.32. The number of aryl methyl sites for hydroxylation is 2. The number of anilines is 1. The first-order valence-electron chi connectivity index (χ1n) is 9.23. The van der Waals surface area contributed by atoms with Crippen molar-refractivity contribution in [2.24, 2.45) is 0 Å². The molecule has 0 bridgehead atoms. The second kappa shape index (κ2) is 6.67. The number of hydrogen-bond acceptors (Lipinski definition) is 3. The van der Waals surface area contributed by atoms with E-state index in [1.165, 1.54) is 4.90 Å². The van der Waals surface area contributed by atoms with Crippen LogP contribution in [0.4, 0.5) is 10.5 Å². The van der Waals surface area contributed by atoms with Crippen LogP contribution in [0.2, 0.25) is 0 Å². The van der Waals surface area contributed by atoms with Crippen molar-refractivity contribution < 1.29 is 19.5 Å². The lowest BCUT2D eigenvalue weighted by molar-refractivity contribution is -0.141. The standard InChI is InChI=1S/C21H21N3O4/c1-12-10-13(2)22-16(12)11-15-14-6-3-4-7-17(14)24(19(15)25)21(28)23-9-5-8-18(23)20(26)27/h3-4,6-7,10-11,18,22H,5,8-9H2,1-2H3,(H,26,27). The van der Waals surface area contributed by atoms with Crippen molar-refractivity contribution in [1.29, 1.82) is 0 Å². The number of carbonyl (C=O) groups excluding carboxylic acids is 2. The van der Waals surface area contributed by atoms with Crippen molar-refractivity contribution in [2.45, 2.75) is 32.7 Å². The topological polar surface area (TPSA) is 93.7 Å². The molecule has 1 aromatic heterocycles. The number of rotatable bonds is 2. The number of hydrogen-bond donors (Lipinski definition) is 2. The van der Waals surface area contributed by atoms with Gasteiger partial charge in [0.05, 0.1) is 11.3 Å². The molecule has 2 N–H and O–H groups in total. The minimum absolute atomic E-state index is 0.329. The zero-order valence-corrected chi connectivity index (χ0v) is 15.7. The predicted molar refractivity (Wildman–Crippen MR) is 105 cm³/mol. The van der Waals surface area contributed by atoms with Crippen molar-refractivity contribution >= 4 is 35.2 Å². The Bertz CT molecular complexity index is 1020. The molecule has 1 unspecified atom stereocenters. The average Bonchev–Trinajstić information content (AvgIpc) is 3.33. The Labute approximate surface area is 162 Å². The smallest absolute Gasteiger partial charge is 0.332 e. The number of carbonyl (C=O) groups is 3. The number of likely N-dealkylation sites (tertiary alicyclic amines) is 1. The molecule has 1 fully saturated rings. The van der Waals surface area contributed by atoms with E-state index < -0.39 is 23.9 Å². The number of benzene rings is 1. The van der Waals surface area contributed by atoms with Gasteiger partial charge < -0.3 is 15.0 Å². The van der Waals surface area contributed by atoms with Crippen molar-refractivity contribution in [3.05, 3.63) is 52.8 Å². The van der Waals surface area contributed by atoms with Crippen LogP contribution in [0.15, 0.2) is 30.3 Å². The molecule has 1 atom stereocenters. The molecule has 2 aliphatic heterocycles. The van der Waals surface area contributed by atoms with Crippen LogP contribution in [0, 0.1) is 13.8 Å². The van der Waals surface area contributed by atoms with Gasteiger partial charge in [-0.25, -0.2) is 14.5 Å². The monoisotopic (exact) mass is 379 g/mol. The Morgan fingerprint density at radius 2 is 2.00 bits per heavy atom.